The summed E-state index contributed by atoms with van der Waals surface area (Å²) in [6, 6.07) is 17.7. The van der Waals surface area contributed by atoms with Crippen LogP contribution in [0.5, 0.6) is 0 Å². The van der Waals surface area contributed by atoms with Gasteiger partial charge in [-0.3, -0.25) is 0 Å². The SMILES string of the molecule is N#Cc1ccc2[nH]cc(C[C@H]3CCCN3C(=O)OCc3ccccc3)c2c1. The first-order valence-corrected chi connectivity index (χ1v) is 9.22. The molecule has 1 aliphatic rings. The van der Waals surface area contributed by atoms with E-state index in [4.69, 9.17) is 10.00 Å². The monoisotopic (exact) mass is 359 g/mol. The molecule has 2 heterocycles. The van der Waals surface area contributed by atoms with Crippen molar-refractivity contribution in [3.63, 3.8) is 0 Å². The fourth-order valence-electron chi connectivity index (χ4n) is 3.76. The lowest BCUT2D eigenvalue weighted by molar-refractivity contribution is 0.0921. The Morgan fingerprint density at radius 1 is 1.26 bits per heavy atom. The molecule has 0 saturated carbocycles. The first-order chi connectivity index (χ1) is 13.2. The van der Waals surface area contributed by atoms with E-state index in [-0.39, 0.29) is 12.1 Å². The molecule has 0 spiro atoms. The molecule has 1 aliphatic heterocycles. The molecule has 1 N–H and O–H groups in total. The van der Waals surface area contributed by atoms with Crippen molar-refractivity contribution in [2.75, 3.05) is 6.54 Å². The second kappa shape index (κ2) is 7.55. The Kier molecular flexibility index (Phi) is 4.80. The van der Waals surface area contributed by atoms with Crippen LogP contribution in [0, 0.1) is 11.3 Å². The van der Waals surface area contributed by atoms with E-state index in [0.29, 0.717) is 12.2 Å². The number of hydrogen-bond acceptors (Lipinski definition) is 3. The molecule has 0 unspecified atom stereocenters. The number of aromatic amines is 1. The summed E-state index contributed by atoms with van der Waals surface area (Å²) in [6.07, 6.45) is 4.44. The van der Waals surface area contributed by atoms with Crippen LogP contribution in [0.1, 0.15) is 29.5 Å². The van der Waals surface area contributed by atoms with Gasteiger partial charge in [0, 0.05) is 29.7 Å². The molecule has 4 rings (SSSR count). The van der Waals surface area contributed by atoms with Gasteiger partial charge in [0.25, 0.3) is 0 Å². The van der Waals surface area contributed by atoms with Crippen LogP contribution in [0.4, 0.5) is 4.79 Å². The summed E-state index contributed by atoms with van der Waals surface area (Å²) >= 11 is 0. The summed E-state index contributed by atoms with van der Waals surface area (Å²) in [5.74, 6) is 0. The summed E-state index contributed by atoms with van der Waals surface area (Å²) in [5, 5.41) is 10.2. The Morgan fingerprint density at radius 2 is 2.11 bits per heavy atom. The minimum Gasteiger partial charge on any atom is -0.445 e. The maximum absolute atomic E-state index is 12.6. The third-order valence-electron chi connectivity index (χ3n) is 5.17. The van der Waals surface area contributed by atoms with Gasteiger partial charge in [-0.05, 0) is 48.6 Å². The minimum absolute atomic E-state index is 0.123. The lowest BCUT2D eigenvalue weighted by atomic mass is 10.0. The fraction of sp³-hybridized carbons (Fsp3) is 0.273. The van der Waals surface area contributed by atoms with Gasteiger partial charge in [-0.1, -0.05) is 30.3 Å². The largest absolute Gasteiger partial charge is 0.445 e. The first kappa shape index (κ1) is 17.2. The number of H-pyrrole nitrogens is 1. The first-order valence-electron chi connectivity index (χ1n) is 9.22. The molecule has 1 fully saturated rings. The van der Waals surface area contributed by atoms with E-state index in [0.717, 1.165) is 47.8 Å². The van der Waals surface area contributed by atoms with Crippen molar-refractivity contribution >= 4 is 17.0 Å². The molecule has 2 aromatic carbocycles. The zero-order chi connectivity index (χ0) is 18.6. The number of nitriles is 1. The van der Waals surface area contributed by atoms with Crippen LogP contribution in [0.2, 0.25) is 0 Å². The molecule has 1 atom stereocenters. The Hall–Kier alpha value is -3.26. The molecule has 1 amide bonds. The number of hydrogen-bond donors (Lipinski definition) is 1. The van der Waals surface area contributed by atoms with Crippen LogP contribution >= 0.6 is 0 Å². The van der Waals surface area contributed by atoms with Crippen LogP contribution in [0.25, 0.3) is 10.9 Å². The summed E-state index contributed by atoms with van der Waals surface area (Å²) in [4.78, 5) is 17.7. The minimum atomic E-state index is -0.251. The smallest absolute Gasteiger partial charge is 0.410 e. The molecule has 5 nitrogen and oxygen atoms in total. The third kappa shape index (κ3) is 3.65. The molecule has 3 aromatic rings. The molecule has 5 heteroatoms. The predicted molar refractivity (Wildman–Crippen MR) is 103 cm³/mol. The topological polar surface area (TPSA) is 69.1 Å². The number of carbonyl (C=O) groups is 1. The Labute approximate surface area is 158 Å². The van der Waals surface area contributed by atoms with E-state index in [1.807, 2.05) is 59.6 Å². The highest BCUT2D eigenvalue weighted by Crippen LogP contribution is 2.27. The lowest BCUT2D eigenvalue weighted by Gasteiger charge is -2.24. The van der Waals surface area contributed by atoms with Gasteiger partial charge in [-0.2, -0.15) is 5.26 Å². The van der Waals surface area contributed by atoms with Crippen LogP contribution in [-0.4, -0.2) is 28.6 Å². The average molecular weight is 359 g/mol. The summed E-state index contributed by atoms with van der Waals surface area (Å²) in [5.41, 5.74) is 3.78. The lowest BCUT2D eigenvalue weighted by Crippen LogP contribution is -2.37. The number of benzene rings is 2. The van der Waals surface area contributed by atoms with Gasteiger partial charge in [0.1, 0.15) is 6.61 Å². The van der Waals surface area contributed by atoms with Gasteiger partial charge in [-0.25, -0.2) is 4.79 Å². The van der Waals surface area contributed by atoms with Gasteiger partial charge in [0.05, 0.1) is 11.6 Å². The van der Waals surface area contributed by atoms with Crippen molar-refractivity contribution in [1.82, 2.24) is 9.88 Å². The Morgan fingerprint density at radius 3 is 2.93 bits per heavy atom. The molecular formula is C22H21N3O2. The van der Waals surface area contributed by atoms with Crippen molar-refractivity contribution in [3.8, 4) is 6.07 Å². The summed E-state index contributed by atoms with van der Waals surface area (Å²) in [6.45, 7) is 1.02. The van der Waals surface area contributed by atoms with Gasteiger partial charge in [0.15, 0.2) is 0 Å². The van der Waals surface area contributed by atoms with E-state index in [2.05, 4.69) is 11.1 Å². The molecule has 27 heavy (non-hydrogen) atoms. The maximum Gasteiger partial charge on any atom is 0.410 e. The van der Waals surface area contributed by atoms with E-state index in [1.54, 1.807) is 0 Å². The van der Waals surface area contributed by atoms with Gasteiger partial charge >= 0.3 is 6.09 Å². The van der Waals surface area contributed by atoms with Gasteiger partial charge < -0.3 is 14.6 Å². The molecule has 0 radical (unpaired) electrons. The molecule has 0 aliphatic carbocycles. The zero-order valence-electron chi connectivity index (χ0n) is 15.0. The van der Waals surface area contributed by atoms with E-state index >= 15 is 0 Å². The number of fused-ring (bicyclic) bond motifs is 1. The van der Waals surface area contributed by atoms with Crippen molar-refractivity contribution in [1.29, 1.82) is 5.26 Å². The van der Waals surface area contributed by atoms with Crippen LogP contribution in [-0.2, 0) is 17.8 Å². The summed E-state index contributed by atoms with van der Waals surface area (Å²) in [7, 11) is 0. The summed E-state index contributed by atoms with van der Waals surface area (Å²) < 4.78 is 5.52. The second-order valence-corrected chi connectivity index (χ2v) is 6.92. The predicted octanol–water partition coefficient (Wildman–Crippen LogP) is 4.38. The van der Waals surface area contributed by atoms with Crippen LogP contribution in [0.15, 0.2) is 54.7 Å². The fourth-order valence-corrected chi connectivity index (χ4v) is 3.76. The van der Waals surface area contributed by atoms with E-state index in [9.17, 15) is 4.79 Å². The van der Waals surface area contributed by atoms with Gasteiger partial charge in [-0.15, -0.1) is 0 Å². The normalized spacial score (nSPS) is 16.4. The number of ether oxygens (including phenoxy) is 1. The number of carbonyl (C=O) groups excluding carboxylic acids is 1. The Bertz CT molecular complexity index is 988. The quantitative estimate of drug-likeness (QED) is 0.751. The number of likely N-dealkylation sites (tertiary alicyclic amines) is 1. The van der Waals surface area contributed by atoms with Crippen LogP contribution < -0.4 is 0 Å². The highest BCUT2D eigenvalue weighted by Gasteiger charge is 2.30. The van der Waals surface area contributed by atoms with Crippen molar-refractivity contribution in [3.05, 3.63) is 71.4 Å². The molecular weight excluding hydrogens is 338 g/mol. The number of amides is 1. The number of aromatic nitrogens is 1. The average Bonchev–Trinajstić information content (AvgIpc) is 3.34. The third-order valence-corrected chi connectivity index (χ3v) is 5.17. The van der Waals surface area contributed by atoms with E-state index < -0.39 is 0 Å². The number of nitrogens with zero attached hydrogens (tertiary/aromatic N) is 2. The molecule has 1 saturated heterocycles. The number of rotatable bonds is 4. The van der Waals surface area contributed by atoms with Gasteiger partial charge in [0.2, 0.25) is 0 Å². The highest BCUT2D eigenvalue weighted by molar-refractivity contribution is 5.84. The second-order valence-electron chi connectivity index (χ2n) is 6.92. The molecule has 136 valence electrons. The van der Waals surface area contributed by atoms with E-state index in [1.165, 1.54) is 0 Å². The molecule has 0 bridgehead atoms. The zero-order valence-corrected chi connectivity index (χ0v) is 15.0. The maximum atomic E-state index is 12.6. The molecule has 1 aromatic heterocycles. The standard InChI is InChI=1S/C22H21N3O2/c23-13-17-8-9-21-20(11-17)18(14-24-21)12-19-7-4-10-25(19)22(26)27-15-16-5-2-1-3-6-16/h1-3,5-6,8-9,11,14,19,24H,4,7,10,12,15H2/t19-/m1/s1. The van der Waals surface area contributed by atoms with Crippen molar-refractivity contribution in [2.24, 2.45) is 0 Å². The Balaban J connectivity index is 1.45. The van der Waals surface area contributed by atoms with Crippen molar-refractivity contribution in [2.45, 2.75) is 31.9 Å². The number of nitrogens with one attached hydrogen (secondary N) is 1. The van der Waals surface area contributed by atoms with Crippen LogP contribution in [0.3, 0.4) is 0 Å². The highest BCUT2D eigenvalue weighted by atomic mass is 16.6. The van der Waals surface area contributed by atoms with Crippen molar-refractivity contribution < 1.29 is 9.53 Å².